The van der Waals surface area contributed by atoms with Gasteiger partial charge in [0.25, 0.3) is 11.5 Å². The molecule has 8 nitrogen and oxygen atoms in total. The Morgan fingerprint density at radius 3 is 2.73 bits per heavy atom. The van der Waals surface area contributed by atoms with Gasteiger partial charge in [0.05, 0.1) is 11.6 Å². The quantitative estimate of drug-likeness (QED) is 0.602. The molecule has 0 bridgehead atoms. The molecule has 2 amide bonds. The molecule has 160 valence electrons. The Balaban J connectivity index is 1.70. The summed E-state index contributed by atoms with van der Waals surface area (Å²) < 4.78 is 1.46. The van der Waals surface area contributed by atoms with Gasteiger partial charge in [-0.3, -0.25) is 14.4 Å². The Kier molecular flexibility index (Phi) is 5.51. The monoisotopic (exact) mass is 413 g/mol. The normalized spacial score (nSPS) is 26.1. The average Bonchev–Trinajstić information content (AvgIpc) is 2.74. The zero-order valence-corrected chi connectivity index (χ0v) is 16.9. The number of amides is 2. The largest absolute Gasteiger partial charge is 0.506 e. The maximum atomic E-state index is 13.0. The first-order chi connectivity index (χ1) is 14.4. The fourth-order valence-electron chi connectivity index (χ4n) is 4.83. The maximum absolute atomic E-state index is 13.0. The van der Waals surface area contributed by atoms with Crippen molar-refractivity contribution in [1.29, 1.82) is 0 Å². The molecular formula is C22H27N3O5. The Hall–Kier alpha value is -2.87. The minimum atomic E-state index is -1.17. The number of hydrogen-bond acceptors (Lipinski definition) is 5. The van der Waals surface area contributed by atoms with Crippen LogP contribution in [-0.4, -0.2) is 44.8 Å². The Morgan fingerprint density at radius 2 is 1.97 bits per heavy atom. The Labute approximate surface area is 173 Å². The molecule has 4 unspecified atom stereocenters. The summed E-state index contributed by atoms with van der Waals surface area (Å²) in [5, 5.41) is 27.2. The zero-order chi connectivity index (χ0) is 21.4. The second-order valence-electron chi connectivity index (χ2n) is 8.20. The van der Waals surface area contributed by atoms with Crippen molar-refractivity contribution in [2.45, 2.75) is 63.8 Å². The van der Waals surface area contributed by atoms with Crippen LogP contribution < -0.4 is 16.2 Å². The number of nitrogens with one attached hydrogen (secondary N) is 2. The molecule has 30 heavy (non-hydrogen) atoms. The number of benzene rings is 1. The van der Waals surface area contributed by atoms with Gasteiger partial charge in [-0.05, 0) is 31.4 Å². The SMILES string of the molecule is CCCn1c(=O)c(C(=O)NC2C(=O)NC3CCCCC3C2O)c(O)c2ccccc21. The maximum Gasteiger partial charge on any atom is 0.267 e. The average molecular weight is 413 g/mol. The van der Waals surface area contributed by atoms with E-state index in [-0.39, 0.29) is 12.0 Å². The smallest absolute Gasteiger partial charge is 0.267 e. The summed E-state index contributed by atoms with van der Waals surface area (Å²) in [6.45, 7) is 2.30. The van der Waals surface area contributed by atoms with Crippen molar-refractivity contribution in [3.8, 4) is 5.75 Å². The van der Waals surface area contributed by atoms with Crippen LogP contribution in [0.2, 0.25) is 0 Å². The first kappa shape index (κ1) is 20.4. The van der Waals surface area contributed by atoms with Gasteiger partial charge in [0.15, 0.2) is 0 Å². The van der Waals surface area contributed by atoms with E-state index in [1.54, 1.807) is 24.3 Å². The highest BCUT2D eigenvalue weighted by molar-refractivity contribution is 6.04. The summed E-state index contributed by atoms with van der Waals surface area (Å²) in [7, 11) is 0. The van der Waals surface area contributed by atoms with Crippen molar-refractivity contribution in [3.63, 3.8) is 0 Å². The van der Waals surface area contributed by atoms with Crippen molar-refractivity contribution in [2.75, 3.05) is 0 Å². The van der Waals surface area contributed by atoms with E-state index in [1.165, 1.54) is 4.57 Å². The number of aromatic hydroxyl groups is 1. The number of nitrogens with zero attached hydrogens (tertiary/aromatic N) is 1. The molecule has 2 aromatic rings. The summed E-state index contributed by atoms with van der Waals surface area (Å²) in [6, 6.07) is 5.58. The third kappa shape index (κ3) is 3.35. The van der Waals surface area contributed by atoms with Crippen LogP contribution in [0, 0.1) is 5.92 Å². The van der Waals surface area contributed by atoms with Crippen molar-refractivity contribution < 1.29 is 19.8 Å². The number of aromatic nitrogens is 1. The summed E-state index contributed by atoms with van der Waals surface area (Å²) in [6.07, 6.45) is 3.16. The first-order valence-electron chi connectivity index (χ1n) is 10.6. The van der Waals surface area contributed by atoms with E-state index >= 15 is 0 Å². The number of rotatable bonds is 4. The molecule has 4 rings (SSSR count). The topological polar surface area (TPSA) is 121 Å². The van der Waals surface area contributed by atoms with E-state index in [2.05, 4.69) is 10.6 Å². The summed E-state index contributed by atoms with van der Waals surface area (Å²) in [5.74, 6) is -1.87. The predicted molar refractivity (Wildman–Crippen MR) is 111 cm³/mol. The Morgan fingerprint density at radius 1 is 1.23 bits per heavy atom. The Bertz CT molecular complexity index is 1050. The van der Waals surface area contributed by atoms with Crippen LogP contribution in [0.5, 0.6) is 5.75 Å². The second kappa shape index (κ2) is 8.10. The van der Waals surface area contributed by atoms with Gasteiger partial charge in [-0.2, -0.15) is 0 Å². The number of aliphatic hydroxyl groups is 1. The molecule has 0 radical (unpaired) electrons. The van der Waals surface area contributed by atoms with E-state index in [0.717, 1.165) is 25.7 Å². The van der Waals surface area contributed by atoms with Gasteiger partial charge in [0, 0.05) is 23.9 Å². The number of fused-ring (bicyclic) bond motifs is 2. The molecule has 8 heteroatoms. The molecule has 2 heterocycles. The minimum Gasteiger partial charge on any atom is -0.506 e. The standard InChI is InChI=1S/C22H27N3O5/c1-2-11-25-15-10-6-4-8-13(15)18(26)16(22(25)30)20(28)24-17-19(27)12-7-3-5-9-14(12)23-21(17)29/h4,6,8,10,12,14,17,19,26-27H,2-3,5,7,9,11H2,1H3,(H,23,29)(H,24,28). The van der Waals surface area contributed by atoms with Gasteiger partial charge in [-0.25, -0.2) is 0 Å². The van der Waals surface area contributed by atoms with Gasteiger partial charge in [0.2, 0.25) is 5.91 Å². The highest BCUT2D eigenvalue weighted by Crippen LogP contribution is 2.32. The number of para-hydroxylation sites is 1. The molecule has 1 aliphatic carbocycles. The molecular weight excluding hydrogens is 386 g/mol. The fraction of sp³-hybridized carbons (Fsp3) is 0.500. The molecule has 4 N–H and O–H groups in total. The number of aliphatic hydroxyl groups excluding tert-OH is 1. The number of carbonyl (C=O) groups is 2. The van der Waals surface area contributed by atoms with Crippen LogP contribution in [0.25, 0.3) is 10.9 Å². The number of aryl methyl sites for hydroxylation is 1. The van der Waals surface area contributed by atoms with Crippen molar-refractivity contribution >= 4 is 22.7 Å². The fourth-order valence-corrected chi connectivity index (χ4v) is 4.83. The van der Waals surface area contributed by atoms with E-state index in [4.69, 9.17) is 0 Å². The van der Waals surface area contributed by atoms with Crippen LogP contribution in [-0.2, 0) is 11.3 Å². The van der Waals surface area contributed by atoms with Crippen LogP contribution >= 0.6 is 0 Å². The molecule has 1 saturated heterocycles. The van der Waals surface area contributed by atoms with Crippen molar-refractivity contribution in [1.82, 2.24) is 15.2 Å². The lowest BCUT2D eigenvalue weighted by Crippen LogP contribution is -2.65. The van der Waals surface area contributed by atoms with Crippen molar-refractivity contribution in [3.05, 3.63) is 40.2 Å². The van der Waals surface area contributed by atoms with Crippen molar-refractivity contribution in [2.24, 2.45) is 5.92 Å². The summed E-state index contributed by atoms with van der Waals surface area (Å²) in [5.41, 5.74) is -0.487. The number of hydrogen-bond donors (Lipinski definition) is 4. The van der Waals surface area contributed by atoms with Gasteiger partial charge in [0.1, 0.15) is 17.4 Å². The van der Waals surface area contributed by atoms with Crippen LogP contribution in [0.4, 0.5) is 0 Å². The van der Waals surface area contributed by atoms with Crippen LogP contribution in [0.15, 0.2) is 29.1 Å². The number of piperidine rings is 1. The predicted octanol–water partition coefficient (Wildman–Crippen LogP) is 1.27. The van der Waals surface area contributed by atoms with Gasteiger partial charge < -0.3 is 25.4 Å². The number of pyridine rings is 1. The molecule has 1 aromatic heterocycles. The van der Waals surface area contributed by atoms with E-state index in [1.807, 2.05) is 6.92 Å². The molecule has 2 fully saturated rings. The first-order valence-corrected chi connectivity index (χ1v) is 10.6. The van der Waals surface area contributed by atoms with E-state index in [0.29, 0.717) is 23.9 Å². The molecule has 4 atom stereocenters. The lowest BCUT2D eigenvalue weighted by atomic mass is 9.76. The molecule has 2 aliphatic rings. The molecule has 1 aromatic carbocycles. The molecule has 1 aliphatic heterocycles. The summed E-state index contributed by atoms with van der Waals surface area (Å²) >= 11 is 0. The zero-order valence-electron chi connectivity index (χ0n) is 16.9. The van der Waals surface area contributed by atoms with Gasteiger partial charge in [-0.15, -0.1) is 0 Å². The lowest BCUT2D eigenvalue weighted by molar-refractivity contribution is -0.133. The third-order valence-electron chi connectivity index (χ3n) is 6.32. The van der Waals surface area contributed by atoms with Crippen LogP contribution in [0.1, 0.15) is 49.4 Å². The lowest BCUT2D eigenvalue weighted by Gasteiger charge is -2.43. The van der Waals surface area contributed by atoms with Gasteiger partial charge >= 0.3 is 0 Å². The number of carbonyl (C=O) groups excluding carboxylic acids is 2. The van der Waals surface area contributed by atoms with Gasteiger partial charge in [-0.1, -0.05) is 31.9 Å². The molecule has 0 spiro atoms. The third-order valence-corrected chi connectivity index (χ3v) is 6.32. The van der Waals surface area contributed by atoms with E-state index in [9.17, 15) is 24.6 Å². The second-order valence-corrected chi connectivity index (χ2v) is 8.20. The van der Waals surface area contributed by atoms with Crippen LogP contribution in [0.3, 0.4) is 0 Å². The molecule has 1 saturated carbocycles. The highest BCUT2D eigenvalue weighted by atomic mass is 16.3. The summed E-state index contributed by atoms with van der Waals surface area (Å²) in [4.78, 5) is 38.6. The highest BCUT2D eigenvalue weighted by Gasteiger charge is 2.45. The van der Waals surface area contributed by atoms with E-state index < -0.39 is 40.8 Å². The minimum absolute atomic E-state index is 0.0924.